The molecule has 0 aliphatic carbocycles. The molecule has 0 saturated carbocycles. The van der Waals surface area contributed by atoms with Crippen LogP contribution >= 0.6 is 0 Å². The second-order valence-corrected chi connectivity index (χ2v) is 6.28. The average Bonchev–Trinajstić information content (AvgIpc) is 2.59. The molecule has 7 nitrogen and oxygen atoms in total. The van der Waals surface area contributed by atoms with Crippen molar-refractivity contribution in [1.29, 1.82) is 0 Å². The fourth-order valence-electron chi connectivity index (χ4n) is 2.95. The summed E-state index contributed by atoms with van der Waals surface area (Å²) in [6.45, 7) is 6.43. The minimum atomic E-state index is -0.622. The molecule has 0 radical (unpaired) electrons. The monoisotopic (exact) mass is 350 g/mol. The molecule has 0 spiro atoms. The highest BCUT2D eigenvalue weighted by molar-refractivity contribution is 6.35. The van der Waals surface area contributed by atoms with Gasteiger partial charge in [0.25, 0.3) is 0 Å². The predicted octanol–water partition coefficient (Wildman–Crippen LogP) is 1.52. The van der Waals surface area contributed by atoms with Crippen molar-refractivity contribution >= 4 is 11.8 Å². The van der Waals surface area contributed by atoms with E-state index < -0.39 is 11.8 Å². The fraction of sp³-hybridized carbons (Fsp3) is 0.556. The average molecular weight is 350 g/mol. The number of amides is 2. The van der Waals surface area contributed by atoms with Crippen molar-refractivity contribution in [1.82, 2.24) is 10.2 Å². The molecule has 7 heteroatoms. The maximum Gasteiger partial charge on any atom is 0.312 e. The van der Waals surface area contributed by atoms with Crippen molar-refractivity contribution in [2.45, 2.75) is 39.0 Å². The first-order chi connectivity index (χ1) is 11.8. The Morgan fingerprint density at radius 2 is 1.76 bits per heavy atom. The number of carbonyl (C=O) groups is 2. The van der Waals surface area contributed by atoms with Gasteiger partial charge in [0.1, 0.15) is 0 Å². The number of ether oxygens (including phenoxy) is 3. The zero-order valence-electron chi connectivity index (χ0n) is 15.4. The summed E-state index contributed by atoms with van der Waals surface area (Å²) in [5.41, 5.74) is 0.822. The summed E-state index contributed by atoms with van der Waals surface area (Å²) in [5.74, 6) is 0.0262. The minimum absolute atomic E-state index is 0.0798. The second kappa shape index (κ2) is 8.20. The van der Waals surface area contributed by atoms with Gasteiger partial charge in [-0.05, 0) is 38.5 Å². The van der Waals surface area contributed by atoms with Crippen LogP contribution in [0.3, 0.4) is 0 Å². The second-order valence-electron chi connectivity index (χ2n) is 6.28. The van der Waals surface area contributed by atoms with E-state index in [0.717, 1.165) is 5.56 Å². The molecule has 3 atom stereocenters. The molecule has 1 aliphatic rings. The summed E-state index contributed by atoms with van der Waals surface area (Å²) in [4.78, 5) is 26.2. The van der Waals surface area contributed by atoms with E-state index in [1.54, 1.807) is 26.4 Å². The minimum Gasteiger partial charge on any atom is -0.493 e. The normalized spacial score (nSPS) is 21.4. The van der Waals surface area contributed by atoms with Crippen molar-refractivity contribution in [3.05, 3.63) is 23.8 Å². The number of carbonyl (C=O) groups excluding carboxylic acids is 2. The molecule has 1 aromatic rings. The van der Waals surface area contributed by atoms with Crippen LogP contribution in [-0.2, 0) is 14.3 Å². The number of benzene rings is 1. The van der Waals surface area contributed by atoms with E-state index in [0.29, 0.717) is 24.6 Å². The first-order valence-corrected chi connectivity index (χ1v) is 8.32. The Balaban J connectivity index is 2.03. The van der Waals surface area contributed by atoms with Crippen LogP contribution in [0.2, 0.25) is 0 Å². The van der Waals surface area contributed by atoms with Crippen LogP contribution in [0.25, 0.3) is 0 Å². The molecule has 0 bridgehead atoms. The molecule has 2 rings (SSSR count). The fourth-order valence-corrected chi connectivity index (χ4v) is 2.95. The van der Waals surface area contributed by atoms with Gasteiger partial charge in [0, 0.05) is 13.1 Å². The first-order valence-electron chi connectivity index (χ1n) is 8.32. The predicted molar refractivity (Wildman–Crippen MR) is 92.7 cm³/mol. The maximum absolute atomic E-state index is 12.4. The third kappa shape index (κ3) is 4.63. The standard InChI is InChI=1S/C18H26N2O5/c1-11-9-20(10-12(2)25-11)18(22)17(21)19-13(3)14-6-7-15(23-4)16(8-14)24-5/h6-8,11-13H,9-10H2,1-5H3,(H,19,21). The molecule has 138 valence electrons. The summed E-state index contributed by atoms with van der Waals surface area (Å²) >= 11 is 0. The lowest BCUT2D eigenvalue weighted by molar-refractivity contribution is -0.153. The lowest BCUT2D eigenvalue weighted by atomic mass is 10.1. The Hall–Kier alpha value is -2.28. The van der Waals surface area contributed by atoms with Gasteiger partial charge in [-0.2, -0.15) is 0 Å². The van der Waals surface area contributed by atoms with Gasteiger partial charge in [-0.1, -0.05) is 6.07 Å². The number of morpholine rings is 1. The molecule has 25 heavy (non-hydrogen) atoms. The lowest BCUT2D eigenvalue weighted by Gasteiger charge is -2.35. The van der Waals surface area contributed by atoms with Gasteiger partial charge in [-0.25, -0.2) is 0 Å². The van der Waals surface area contributed by atoms with Crippen LogP contribution in [0.1, 0.15) is 32.4 Å². The van der Waals surface area contributed by atoms with Crippen LogP contribution in [-0.4, -0.2) is 56.2 Å². The third-order valence-electron chi connectivity index (χ3n) is 4.16. The lowest BCUT2D eigenvalue weighted by Crippen LogP contribution is -2.52. The number of hydrogen-bond acceptors (Lipinski definition) is 5. The van der Waals surface area contributed by atoms with Crippen LogP contribution in [0.5, 0.6) is 11.5 Å². The van der Waals surface area contributed by atoms with Crippen LogP contribution in [0.15, 0.2) is 18.2 Å². The van der Waals surface area contributed by atoms with E-state index in [9.17, 15) is 9.59 Å². The molecule has 2 amide bonds. The highest BCUT2D eigenvalue weighted by Crippen LogP contribution is 2.29. The highest BCUT2D eigenvalue weighted by atomic mass is 16.5. The van der Waals surface area contributed by atoms with Gasteiger partial charge in [0.15, 0.2) is 11.5 Å². The van der Waals surface area contributed by atoms with Gasteiger partial charge >= 0.3 is 11.8 Å². The Bertz CT molecular complexity index is 624. The maximum atomic E-state index is 12.4. The molecule has 1 aromatic carbocycles. The third-order valence-corrected chi connectivity index (χ3v) is 4.16. The Morgan fingerprint density at radius 1 is 1.16 bits per heavy atom. The molecule has 1 saturated heterocycles. The van der Waals surface area contributed by atoms with E-state index in [4.69, 9.17) is 14.2 Å². The summed E-state index contributed by atoms with van der Waals surface area (Å²) < 4.78 is 16.1. The van der Waals surface area contributed by atoms with Crippen LogP contribution < -0.4 is 14.8 Å². The van der Waals surface area contributed by atoms with Gasteiger partial charge in [0.05, 0.1) is 32.5 Å². The van der Waals surface area contributed by atoms with E-state index in [2.05, 4.69) is 5.32 Å². The van der Waals surface area contributed by atoms with E-state index >= 15 is 0 Å². The zero-order chi connectivity index (χ0) is 18.6. The largest absolute Gasteiger partial charge is 0.493 e. The summed E-state index contributed by atoms with van der Waals surface area (Å²) in [5, 5.41) is 2.74. The molecular formula is C18H26N2O5. The number of hydrogen-bond donors (Lipinski definition) is 1. The SMILES string of the molecule is COc1ccc(C(C)NC(=O)C(=O)N2CC(C)OC(C)C2)cc1OC. The van der Waals surface area contributed by atoms with Crippen molar-refractivity contribution in [2.24, 2.45) is 0 Å². The van der Waals surface area contributed by atoms with Gasteiger partial charge in [-0.3, -0.25) is 9.59 Å². The quantitative estimate of drug-likeness (QED) is 0.833. The number of nitrogens with zero attached hydrogens (tertiary/aromatic N) is 1. The summed E-state index contributed by atoms with van der Waals surface area (Å²) in [6, 6.07) is 5.04. The van der Waals surface area contributed by atoms with Crippen LogP contribution in [0, 0.1) is 0 Å². The molecule has 3 unspecified atom stereocenters. The van der Waals surface area contributed by atoms with Crippen molar-refractivity contribution in [3.63, 3.8) is 0 Å². The van der Waals surface area contributed by atoms with Crippen LogP contribution in [0.4, 0.5) is 0 Å². The summed E-state index contributed by atoms with van der Waals surface area (Å²) in [6.07, 6.45) is -0.160. The van der Waals surface area contributed by atoms with E-state index in [1.165, 1.54) is 4.90 Å². The smallest absolute Gasteiger partial charge is 0.312 e. The Labute approximate surface area is 148 Å². The molecular weight excluding hydrogens is 324 g/mol. The van der Waals surface area contributed by atoms with Crippen molar-refractivity contribution in [2.75, 3.05) is 27.3 Å². The first kappa shape index (κ1) is 19.1. The molecule has 1 heterocycles. The zero-order valence-corrected chi connectivity index (χ0v) is 15.4. The molecule has 1 aliphatic heterocycles. The van der Waals surface area contributed by atoms with Crippen molar-refractivity contribution < 1.29 is 23.8 Å². The molecule has 1 fully saturated rings. The molecule has 1 N–H and O–H groups in total. The van der Waals surface area contributed by atoms with E-state index in [-0.39, 0.29) is 18.2 Å². The van der Waals surface area contributed by atoms with Gasteiger partial charge in [-0.15, -0.1) is 0 Å². The number of methoxy groups -OCH3 is 2. The Morgan fingerprint density at radius 3 is 2.32 bits per heavy atom. The topological polar surface area (TPSA) is 77.1 Å². The van der Waals surface area contributed by atoms with Gasteiger partial charge in [0.2, 0.25) is 0 Å². The Kier molecular flexibility index (Phi) is 6.25. The van der Waals surface area contributed by atoms with Crippen molar-refractivity contribution in [3.8, 4) is 11.5 Å². The summed E-state index contributed by atoms with van der Waals surface area (Å²) in [7, 11) is 3.11. The van der Waals surface area contributed by atoms with E-state index in [1.807, 2.05) is 26.8 Å². The van der Waals surface area contributed by atoms with Gasteiger partial charge < -0.3 is 24.4 Å². The number of rotatable bonds is 4. The number of nitrogens with one attached hydrogen (secondary N) is 1. The highest BCUT2D eigenvalue weighted by Gasteiger charge is 2.30. The molecule has 0 aromatic heterocycles.